The number of fused-ring (bicyclic) bond motifs is 1. The summed E-state index contributed by atoms with van der Waals surface area (Å²) < 4.78 is 17.1. The molecule has 0 spiro atoms. The molecule has 4 rings (SSSR count). The lowest BCUT2D eigenvalue weighted by Gasteiger charge is -2.09. The van der Waals surface area contributed by atoms with Gasteiger partial charge in [0.05, 0.1) is 5.56 Å². The highest BCUT2D eigenvalue weighted by Gasteiger charge is 2.30. The van der Waals surface area contributed by atoms with Gasteiger partial charge >= 0.3 is 0 Å². The van der Waals surface area contributed by atoms with Gasteiger partial charge in [-0.2, -0.15) is 0 Å². The highest BCUT2D eigenvalue weighted by Crippen LogP contribution is 2.37. The molecule has 0 radical (unpaired) electrons. The van der Waals surface area contributed by atoms with Gasteiger partial charge in [0.25, 0.3) is 0 Å². The van der Waals surface area contributed by atoms with E-state index in [2.05, 4.69) is 0 Å². The van der Waals surface area contributed by atoms with Crippen molar-refractivity contribution in [3.05, 3.63) is 87.5 Å². The predicted molar refractivity (Wildman–Crippen MR) is 103 cm³/mol. The Morgan fingerprint density at radius 1 is 1.07 bits per heavy atom. The average Bonchev–Trinajstić information content (AvgIpc) is 3.18. The molecule has 0 N–H and O–H groups in total. The third-order valence-corrected chi connectivity index (χ3v) is 4.55. The van der Waals surface area contributed by atoms with Gasteiger partial charge in [-0.15, -0.1) is 0 Å². The molecule has 1 aliphatic heterocycles. The molecular formula is C22H17ClO4. The number of halogens is 1. The summed E-state index contributed by atoms with van der Waals surface area (Å²) in [7, 11) is 0. The van der Waals surface area contributed by atoms with E-state index in [0.29, 0.717) is 34.5 Å². The van der Waals surface area contributed by atoms with Gasteiger partial charge in [-0.1, -0.05) is 23.7 Å². The molecule has 1 aromatic heterocycles. The summed E-state index contributed by atoms with van der Waals surface area (Å²) in [5.74, 6) is 2.60. The molecule has 0 unspecified atom stereocenters. The zero-order valence-electron chi connectivity index (χ0n) is 14.9. The number of hydrogen-bond acceptors (Lipinski definition) is 4. The van der Waals surface area contributed by atoms with Crippen molar-refractivity contribution in [2.45, 2.75) is 20.5 Å². The normalized spacial score (nSPS) is 14.3. The highest BCUT2D eigenvalue weighted by molar-refractivity contribution is 6.30. The molecule has 136 valence electrons. The number of Topliss-reactive ketones (excluding diaryl/α,β-unsaturated/α-hetero) is 1. The van der Waals surface area contributed by atoms with Crippen molar-refractivity contribution >= 4 is 23.5 Å². The van der Waals surface area contributed by atoms with Gasteiger partial charge in [0.2, 0.25) is 5.78 Å². The largest absolute Gasteiger partial charge is 0.489 e. The first-order valence-electron chi connectivity index (χ1n) is 8.52. The van der Waals surface area contributed by atoms with E-state index in [0.717, 1.165) is 16.9 Å². The van der Waals surface area contributed by atoms with Crippen LogP contribution in [-0.2, 0) is 6.61 Å². The Bertz CT molecular complexity index is 1040. The van der Waals surface area contributed by atoms with Gasteiger partial charge in [-0.25, -0.2) is 0 Å². The number of carbonyl (C=O) groups is 1. The average molecular weight is 381 g/mol. The first-order chi connectivity index (χ1) is 13.0. The van der Waals surface area contributed by atoms with E-state index in [9.17, 15) is 4.79 Å². The summed E-state index contributed by atoms with van der Waals surface area (Å²) in [6.07, 6.45) is 1.61. The Balaban J connectivity index is 1.56. The molecule has 0 atom stereocenters. The second-order valence-electron chi connectivity index (χ2n) is 6.42. The Labute approximate surface area is 162 Å². The molecule has 0 amide bonds. The fourth-order valence-electron chi connectivity index (χ4n) is 2.97. The monoisotopic (exact) mass is 380 g/mol. The minimum Gasteiger partial charge on any atom is -0.489 e. The molecule has 0 saturated carbocycles. The van der Waals surface area contributed by atoms with Crippen LogP contribution in [0.3, 0.4) is 0 Å². The second kappa shape index (κ2) is 6.97. The van der Waals surface area contributed by atoms with Gasteiger partial charge in [-0.3, -0.25) is 4.79 Å². The molecule has 0 fully saturated rings. The number of allylic oxidation sites excluding steroid dienone is 1. The van der Waals surface area contributed by atoms with Crippen LogP contribution in [0, 0.1) is 13.8 Å². The molecule has 27 heavy (non-hydrogen) atoms. The predicted octanol–water partition coefficient (Wildman–Crippen LogP) is 5.75. The Morgan fingerprint density at radius 3 is 2.56 bits per heavy atom. The molecule has 2 heterocycles. The topological polar surface area (TPSA) is 48.7 Å². The van der Waals surface area contributed by atoms with Crippen LogP contribution in [0.4, 0.5) is 0 Å². The minimum atomic E-state index is -0.152. The molecule has 0 aliphatic carbocycles. The third-order valence-electron chi connectivity index (χ3n) is 4.30. The summed E-state index contributed by atoms with van der Waals surface area (Å²) in [5, 5.41) is 0.685. The maximum atomic E-state index is 12.7. The number of hydrogen-bond donors (Lipinski definition) is 0. The van der Waals surface area contributed by atoms with Crippen molar-refractivity contribution in [3.8, 4) is 11.5 Å². The zero-order chi connectivity index (χ0) is 19.0. The van der Waals surface area contributed by atoms with E-state index in [4.69, 9.17) is 25.5 Å². The fraction of sp³-hybridized carbons (Fsp3) is 0.136. The number of carbonyl (C=O) groups excluding carboxylic acids is 1. The number of rotatable bonds is 4. The van der Waals surface area contributed by atoms with Gasteiger partial charge in [-0.05, 0) is 55.3 Å². The molecule has 4 nitrogen and oxygen atoms in total. The first kappa shape index (κ1) is 17.4. The van der Waals surface area contributed by atoms with Gasteiger partial charge in [0.1, 0.15) is 29.6 Å². The summed E-state index contributed by atoms with van der Waals surface area (Å²) in [4.78, 5) is 12.7. The van der Waals surface area contributed by atoms with Crippen molar-refractivity contribution in [1.29, 1.82) is 0 Å². The number of furan rings is 1. The van der Waals surface area contributed by atoms with Crippen molar-refractivity contribution < 1.29 is 18.7 Å². The maximum absolute atomic E-state index is 12.7. The van der Waals surface area contributed by atoms with Crippen molar-refractivity contribution in [1.82, 2.24) is 0 Å². The maximum Gasteiger partial charge on any atom is 0.232 e. The Morgan fingerprint density at radius 2 is 1.85 bits per heavy atom. The van der Waals surface area contributed by atoms with Crippen LogP contribution in [0.5, 0.6) is 11.5 Å². The lowest BCUT2D eigenvalue weighted by molar-refractivity contribution is 0.101. The summed E-state index contributed by atoms with van der Waals surface area (Å²) in [6.45, 7) is 4.12. The number of ketones is 1. The lowest BCUT2D eigenvalue weighted by Crippen LogP contribution is -2.00. The van der Waals surface area contributed by atoms with E-state index < -0.39 is 0 Å². The summed E-state index contributed by atoms with van der Waals surface area (Å²) in [6, 6.07) is 14.7. The van der Waals surface area contributed by atoms with Crippen LogP contribution < -0.4 is 9.47 Å². The number of aryl methyl sites for hydroxylation is 2. The fourth-order valence-corrected chi connectivity index (χ4v) is 3.09. The van der Waals surface area contributed by atoms with E-state index >= 15 is 0 Å². The molecule has 5 heteroatoms. The second-order valence-corrected chi connectivity index (χ2v) is 6.85. The van der Waals surface area contributed by atoms with Crippen molar-refractivity contribution in [2.75, 3.05) is 0 Å². The Kier molecular flexibility index (Phi) is 4.50. The molecule has 0 saturated heterocycles. The van der Waals surface area contributed by atoms with Crippen LogP contribution in [0.2, 0.25) is 5.02 Å². The van der Waals surface area contributed by atoms with Crippen LogP contribution in [0.15, 0.2) is 58.7 Å². The van der Waals surface area contributed by atoms with E-state index in [-0.39, 0.29) is 11.5 Å². The molecule has 1 aliphatic rings. The van der Waals surface area contributed by atoms with E-state index in [1.165, 1.54) is 0 Å². The minimum absolute atomic E-state index is 0.152. The van der Waals surface area contributed by atoms with E-state index in [1.54, 1.807) is 18.2 Å². The number of ether oxygens (including phenoxy) is 2. The third kappa shape index (κ3) is 3.62. The van der Waals surface area contributed by atoms with Crippen molar-refractivity contribution in [2.24, 2.45) is 0 Å². The smallest absolute Gasteiger partial charge is 0.232 e. The molecule has 0 bridgehead atoms. The quantitative estimate of drug-likeness (QED) is 0.541. The zero-order valence-corrected chi connectivity index (χ0v) is 15.7. The summed E-state index contributed by atoms with van der Waals surface area (Å²) >= 11 is 5.90. The standard InChI is InChI=1S/C22H17ClO4/c1-13-9-18(25-12-15-4-6-16(23)7-5-15)11-19-21(13)22(24)20(27-19)10-17-8-3-14(2)26-17/h3-11H,12H2,1-2H3/b20-10-. The van der Waals surface area contributed by atoms with Gasteiger partial charge in [0.15, 0.2) is 5.76 Å². The molecule has 3 aromatic rings. The lowest BCUT2D eigenvalue weighted by atomic mass is 10.0. The van der Waals surface area contributed by atoms with Crippen LogP contribution >= 0.6 is 11.6 Å². The highest BCUT2D eigenvalue weighted by atomic mass is 35.5. The SMILES string of the molecule is Cc1ccc(/C=C2\Oc3cc(OCc4ccc(Cl)cc4)cc(C)c3C2=O)o1. The molecular weight excluding hydrogens is 364 g/mol. The van der Waals surface area contributed by atoms with Crippen LogP contribution in [0.1, 0.15) is 33.0 Å². The van der Waals surface area contributed by atoms with Crippen molar-refractivity contribution in [3.63, 3.8) is 0 Å². The van der Waals surface area contributed by atoms with Gasteiger partial charge < -0.3 is 13.9 Å². The first-order valence-corrected chi connectivity index (χ1v) is 8.90. The van der Waals surface area contributed by atoms with Gasteiger partial charge in [0, 0.05) is 17.2 Å². The number of benzene rings is 2. The van der Waals surface area contributed by atoms with Crippen LogP contribution in [-0.4, -0.2) is 5.78 Å². The van der Waals surface area contributed by atoms with E-state index in [1.807, 2.05) is 50.2 Å². The summed E-state index contributed by atoms with van der Waals surface area (Å²) in [5.41, 5.74) is 2.37. The van der Waals surface area contributed by atoms with Crippen LogP contribution in [0.25, 0.3) is 6.08 Å². The molecule has 2 aromatic carbocycles. The Hall–Kier alpha value is -2.98.